The van der Waals surface area contributed by atoms with Crippen molar-refractivity contribution < 1.29 is 9.90 Å². The van der Waals surface area contributed by atoms with E-state index >= 15 is 0 Å². The highest BCUT2D eigenvalue weighted by molar-refractivity contribution is 6.38. The molecule has 0 radical (unpaired) electrons. The van der Waals surface area contributed by atoms with Crippen LogP contribution < -0.4 is 5.32 Å². The third-order valence-corrected chi connectivity index (χ3v) is 4.05. The van der Waals surface area contributed by atoms with Gasteiger partial charge in [-0.1, -0.05) is 72.3 Å². The molecule has 7 heteroatoms. The second kappa shape index (κ2) is 7.76. The average molecular weight is 367 g/mol. The zero-order valence-electron chi connectivity index (χ0n) is 13.6. The Kier molecular flexibility index (Phi) is 5.24. The van der Waals surface area contributed by atoms with E-state index in [1.165, 1.54) is 0 Å². The summed E-state index contributed by atoms with van der Waals surface area (Å²) in [6, 6.07) is 18.3. The molecule has 0 fully saturated rings. The normalized spacial score (nSPS) is 10.3. The monoisotopic (exact) mass is 366 g/mol. The van der Waals surface area contributed by atoms with Gasteiger partial charge in [-0.2, -0.15) is 0 Å². The van der Waals surface area contributed by atoms with Crippen LogP contribution in [0.4, 0.5) is 5.82 Å². The Morgan fingerprint density at radius 3 is 2.27 bits per heavy atom. The molecule has 0 spiro atoms. The van der Waals surface area contributed by atoms with Crippen molar-refractivity contribution in [1.82, 2.24) is 10.2 Å². The molecule has 0 amide bonds. The fourth-order valence-corrected chi connectivity index (χ4v) is 2.79. The Morgan fingerprint density at radius 1 is 1.04 bits per heavy atom. The van der Waals surface area contributed by atoms with Crippen molar-refractivity contribution in [2.75, 3.05) is 11.9 Å². The van der Waals surface area contributed by atoms with Gasteiger partial charge in [0.1, 0.15) is 12.2 Å². The average Bonchev–Trinajstić information content (AvgIpc) is 2.67. The maximum absolute atomic E-state index is 10.9. The summed E-state index contributed by atoms with van der Waals surface area (Å²) in [5.41, 5.74) is 2.28. The predicted octanol–water partition coefficient (Wildman–Crippen LogP) is 3.71. The SMILES string of the molecule is N=C(c1ccccc1)c1c(NCC(=O)O)nnc(-c2ccccc2)c1Cl. The minimum Gasteiger partial charge on any atom is -0.480 e. The fourth-order valence-electron chi connectivity index (χ4n) is 2.46. The van der Waals surface area contributed by atoms with Crippen LogP contribution in [0, 0.1) is 5.41 Å². The van der Waals surface area contributed by atoms with Crippen LogP contribution in [0.15, 0.2) is 60.7 Å². The number of carbonyl (C=O) groups is 1. The zero-order valence-corrected chi connectivity index (χ0v) is 14.4. The molecule has 0 aliphatic carbocycles. The van der Waals surface area contributed by atoms with Crippen molar-refractivity contribution in [3.05, 3.63) is 76.8 Å². The van der Waals surface area contributed by atoms with Crippen LogP contribution in [0.2, 0.25) is 5.02 Å². The molecular weight excluding hydrogens is 352 g/mol. The van der Waals surface area contributed by atoms with E-state index < -0.39 is 5.97 Å². The Balaban J connectivity index is 2.13. The summed E-state index contributed by atoms with van der Waals surface area (Å²) in [7, 11) is 0. The molecule has 1 heterocycles. The standard InChI is InChI=1S/C19H15ClN4O2/c20-16-15(17(21)12-7-3-1-4-8-12)19(22-11-14(25)26)24-23-18(16)13-9-5-2-6-10-13/h1-10,21H,11H2,(H,22,24)(H,25,26). The highest BCUT2D eigenvalue weighted by Crippen LogP contribution is 2.33. The number of nitrogens with zero attached hydrogens (tertiary/aromatic N) is 2. The van der Waals surface area contributed by atoms with Gasteiger partial charge in [-0.25, -0.2) is 0 Å². The van der Waals surface area contributed by atoms with Crippen LogP contribution in [0.3, 0.4) is 0 Å². The van der Waals surface area contributed by atoms with Gasteiger partial charge in [0.15, 0.2) is 5.82 Å². The molecule has 0 saturated carbocycles. The Bertz CT molecular complexity index is 947. The van der Waals surface area contributed by atoms with Gasteiger partial charge in [0.25, 0.3) is 0 Å². The first kappa shape index (κ1) is 17.6. The summed E-state index contributed by atoms with van der Waals surface area (Å²) in [5, 5.41) is 28.6. The highest BCUT2D eigenvalue weighted by Gasteiger charge is 2.21. The van der Waals surface area contributed by atoms with Crippen molar-refractivity contribution in [3.63, 3.8) is 0 Å². The summed E-state index contributed by atoms with van der Waals surface area (Å²) in [5.74, 6) is -0.891. The van der Waals surface area contributed by atoms with Crippen LogP contribution in [0.5, 0.6) is 0 Å². The highest BCUT2D eigenvalue weighted by atomic mass is 35.5. The summed E-state index contributed by atoms with van der Waals surface area (Å²) >= 11 is 6.58. The molecule has 0 bridgehead atoms. The largest absolute Gasteiger partial charge is 0.480 e. The summed E-state index contributed by atoms with van der Waals surface area (Å²) in [4.78, 5) is 10.9. The number of hydrogen-bond donors (Lipinski definition) is 3. The first-order valence-electron chi connectivity index (χ1n) is 7.79. The van der Waals surface area contributed by atoms with E-state index in [2.05, 4.69) is 15.5 Å². The van der Waals surface area contributed by atoms with Crippen LogP contribution >= 0.6 is 11.6 Å². The van der Waals surface area contributed by atoms with Crippen LogP contribution in [-0.2, 0) is 4.79 Å². The molecule has 0 atom stereocenters. The second-order valence-corrected chi connectivity index (χ2v) is 5.82. The topological polar surface area (TPSA) is 99.0 Å². The number of carboxylic acids is 1. The van der Waals surface area contributed by atoms with Crippen molar-refractivity contribution in [2.45, 2.75) is 0 Å². The van der Waals surface area contributed by atoms with E-state index in [0.717, 1.165) is 5.56 Å². The minimum atomic E-state index is -1.05. The van der Waals surface area contributed by atoms with E-state index in [-0.39, 0.29) is 23.1 Å². The van der Waals surface area contributed by atoms with Gasteiger partial charge in [0, 0.05) is 11.1 Å². The lowest BCUT2D eigenvalue weighted by atomic mass is 10.0. The molecule has 0 saturated heterocycles. The lowest BCUT2D eigenvalue weighted by Gasteiger charge is -2.14. The summed E-state index contributed by atoms with van der Waals surface area (Å²) in [6.07, 6.45) is 0. The van der Waals surface area contributed by atoms with Crippen molar-refractivity contribution in [2.24, 2.45) is 0 Å². The lowest BCUT2D eigenvalue weighted by Crippen LogP contribution is -2.18. The molecule has 130 valence electrons. The zero-order chi connectivity index (χ0) is 18.5. The maximum Gasteiger partial charge on any atom is 0.322 e. The second-order valence-electron chi connectivity index (χ2n) is 5.44. The van der Waals surface area contributed by atoms with E-state index in [1.54, 1.807) is 12.1 Å². The van der Waals surface area contributed by atoms with Crippen LogP contribution in [0.1, 0.15) is 11.1 Å². The maximum atomic E-state index is 10.9. The molecule has 1 aromatic heterocycles. The van der Waals surface area contributed by atoms with E-state index in [9.17, 15) is 4.79 Å². The molecule has 3 N–H and O–H groups in total. The van der Waals surface area contributed by atoms with Gasteiger partial charge in [-0.15, -0.1) is 10.2 Å². The van der Waals surface area contributed by atoms with E-state index in [4.69, 9.17) is 22.1 Å². The number of carboxylic acid groups (broad SMARTS) is 1. The first-order valence-corrected chi connectivity index (χ1v) is 8.17. The van der Waals surface area contributed by atoms with Crippen molar-refractivity contribution in [1.29, 1.82) is 5.41 Å². The number of aromatic nitrogens is 2. The quantitative estimate of drug-likeness (QED) is 0.577. The third-order valence-electron chi connectivity index (χ3n) is 3.68. The number of benzene rings is 2. The molecule has 6 nitrogen and oxygen atoms in total. The number of rotatable bonds is 6. The Labute approximate surface area is 155 Å². The van der Waals surface area contributed by atoms with Gasteiger partial charge >= 0.3 is 5.97 Å². The number of halogens is 1. The third kappa shape index (κ3) is 3.70. The van der Waals surface area contributed by atoms with Gasteiger partial charge in [0.05, 0.1) is 16.3 Å². The predicted molar refractivity (Wildman–Crippen MR) is 101 cm³/mol. The molecule has 0 unspecified atom stereocenters. The number of nitrogens with one attached hydrogen (secondary N) is 2. The first-order chi connectivity index (χ1) is 12.6. The molecule has 0 aliphatic rings. The molecule has 26 heavy (non-hydrogen) atoms. The smallest absolute Gasteiger partial charge is 0.322 e. The van der Waals surface area contributed by atoms with Crippen LogP contribution in [-0.4, -0.2) is 33.5 Å². The number of aliphatic carboxylic acids is 1. The van der Waals surface area contributed by atoms with Gasteiger partial charge < -0.3 is 10.4 Å². The summed E-state index contributed by atoms with van der Waals surface area (Å²) < 4.78 is 0. The Hall–Kier alpha value is -3.25. The van der Waals surface area contributed by atoms with E-state index in [0.29, 0.717) is 16.8 Å². The molecule has 3 rings (SSSR count). The molecule has 2 aromatic carbocycles. The number of hydrogen-bond acceptors (Lipinski definition) is 5. The van der Waals surface area contributed by atoms with Crippen molar-refractivity contribution in [3.8, 4) is 11.3 Å². The lowest BCUT2D eigenvalue weighted by molar-refractivity contribution is -0.134. The van der Waals surface area contributed by atoms with E-state index in [1.807, 2.05) is 48.5 Å². The van der Waals surface area contributed by atoms with Crippen molar-refractivity contribution >= 4 is 29.1 Å². The van der Waals surface area contributed by atoms with Gasteiger partial charge in [-0.05, 0) is 0 Å². The van der Waals surface area contributed by atoms with Gasteiger partial charge in [-0.3, -0.25) is 10.2 Å². The number of anilines is 1. The van der Waals surface area contributed by atoms with Gasteiger partial charge in [0.2, 0.25) is 0 Å². The molecule has 0 aliphatic heterocycles. The molecular formula is C19H15ClN4O2. The Morgan fingerprint density at radius 2 is 1.65 bits per heavy atom. The molecule has 3 aromatic rings. The fraction of sp³-hybridized carbons (Fsp3) is 0.0526. The minimum absolute atomic E-state index is 0.135. The van der Waals surface area contributed by atoms with Crippen LogP contribution in [0.25, 0.3) is 11.3 Å². The summed E-state index contributed by atoms with van der Waals surface area (Å²) in [6.45, 7) is -0.356.